The number of rotatable bonds is 2. The molecule has 0 saturated carbocycles. The highest BCUT2D eigenvalue weighted by atomic mass is 16.1. The van der Waals surface area contributed by atoms with Gasteiger partial charge in [-0.1, -0.05) is 12.1 Å². The number of hydrogen-bond acceptors (Lipinski definition) is 3. The van der Waals surface area contributed by atoms with E-state index in [1.165, 1.54) is 6.20 Å². The van der Waals surface area contributed by atoms with Gasteiger partial charge in [-0.2, -0.15) is 5.10 Å². The van der Waals surface area contributed by atoms with Crippen molar-refractivity contribution in [2.45, 2.75) is 6.92 Å². The van der Waals surface area contributed by atoms with E-state index in [0.717, 1.165) is 5.56 Å². The molecule has 0 spiro atoms. The summed E-state index contributed by atoms with van der Waals surface area (Å²) in [6.45, 7) is 1.89. The van der Waals surface area contributed by atoms with Gasteiger partial charge in [0.15, 0.2) is 0 Å². The van der Waals surface area contributed by atoms with E-state index in [4.69, 9.17) is 5.73 Å². The van der Waals surface area contributed by atoms with E-state index in [-0.39, 0.29) is 5.91 Å². The van der Waals surface area contributed by atoms with E-state index in [2.05, 4.69) is 15.5 Å². The van der Waals surface area contributed by atoms with E-state index in [1.54, 1.807) is 12.1 Å². The number of hydrogen-bond donors (Lipinski definition) is 3. The molecule has 2 rings (SSSR count). The van der Waals surface area contributed by atoms with Gasteiger partial charge in [-0.25, -0.2) is 0 Å². The molecule has 0 atom stereocenters. The molecule has 0 aliphatic heterocycles. The zero-order valence-corrected chi connectivity index (χ0v) is 8.82. The largest absolute Gasteiger partial charge is 0.397 e. The first-order valence-electron chi connectivity index (χ1n) is 4.84. The van der Waals surface area contributed by atoms with Gasteiger partial charge in [-0.3, -0.25) is 9.89 Å². The molecule has 1 amide bonds. The number of anilines is 2. The second-order valence-electron chi connectivity index (χ2n) is 3.46. The first kappa shape index (κ1) is 10.2. The number of nitrogens with one attached hydrogen (secondary N) is 2. The quantitative estimate of drug-likeness (QED) is 0.666. The lowest BCUT2D eigenvalue weighted by Crippen LogP contribution is -2.14. The maximum absolute atomic E-state index is 11.7. The summed E-state index contributed by atoms with van der Waals surface area (Å²) in [5.74, 6) is -0.251. The molecule has 2 aromatic rings. The Morgan fingerprint density at radius 1 is 1.44 bits per heavy atom. The van der Waals surface area contributed by atoms with Crippen LogP contribution in [0.5, 0.6) is 0 Å². The minimum atomic E-state index is -0.251. The smallest absolute Gasteiger partial charge is 0.273 e. The number of carbonyl (C=O) groups excluding carboxylic acids is 1. The summed E-state index contributed by atoms with van der Waals surface area (Å²) in [6.07, 6.45) is 1.52. The molecule has 0 aliphatic carbocycles. The van der Waals surface area contributed by atoms with Crippen molar-refractivity contribution >= 4 is 17.3 Å². The molecular weight excluding hydrogens is 204 g/mol. The van der Waals surface area contributed by atoms with Crippen LogP contribution in [0.3, 0.4) is 0 Å². The van der Waals surface area contributed by atoms with E-state index in [1.807, 2.05) is 19.1 Å². The molecule has 0 bridgehead atoms. The fourth-order valence-electron chi connectivity index (χ4n) is 1.42. The van der Waals surface area contributed by atoms with Gasteiger partial charge in [0.25, 0.3) is 5.91 Å². The SMILES string of the molecule is Cc1cccc(N)c1NC(=O)c1ccn[nH]1. The summed E-state index contributed by atoms with van der Waals surface area (Å²) in [5.41, 5.74) is 8.30. The van der Waals surface area contributed by atoms with Gasteiger partial charge in [-0.05, 0) is 24.6 Å². The van der Waals surface area contributed by atoms with Gasteiger partial charge in [0, 0.05) is 6.20 Å². The van der Waals surface area contributed by atoms with Gasteiger partial charge in [0.05, 0.1) is 11.4 Å². The number of benzene rings is 1. The van der Waals surface area contributed by atoms with Gasteiger partial charge >= 0.3 is 0 Å². The van der Waals surface area contributed by atoms with E-state index >= 15 is 0 Å². The second kappa shape index (κ2) is 4.06. The Bertz CT molecular complexity index is 484. The number of aryl methyl sites for hydroxylation is 1. The lowest BCUT2D eigenvalue weighted by atomic mass is 10.1. The Balaban J connectivity index is 2.25. The Hall–Kier alpha value is -2.30. The molecule has 1 heterocycles. The standard InChI is InChI=1S/C11H12N4O/c1-7-3-2-4-8(12)10(7)14-11(16)9-5-6-13-15-9/h2-6H,12H2,1H3,(H,13,15)(H,14,16). The van der Waals surface area contributed by atoms with Crippen LogP contribution < -0.4 is 11.1 Å². The van der Waals surface area contributed by atoms with Crippen LogP contribution >= 0.6 is 0 Å². The maximum Gasteiger partial charge on any atom is 0.273 e. The molecule has 5 heteroatoms. The van der Waals surface area contributed by atoms with Gasteiger partial charge in [0.2, 0.25) is 0 Å². The summed E-state index contributed by atoms with van der Waals surface area (Å²) in [4.78, 5) is 11.7. The molecule has 0 saturated heterocycles. The number of aromatic amines is 1. The Kier molecular flexibility index (Phi) is 2.59. The van der Waals surface area contributed by atoms with E-state index in [9.17, 15) is 4.79 Å². The molecular formula is C11H12N4O. The lowest BCUT2D eigenvalue weighted by Gasteiger charge is -2.09. The highest BCUT2D eigenvalue weighted by Gasteiger charge is 2.10. The first-order valence-corrected chi connectivity index (χ1v) is 4.84. The zero-order chi connectivity index (χ0) is 11.5. The van der Waals surface area contributed by atoms with Gasteiger partial charge in [-0.15, -0.1) is 0 Å². The van der Waals surface area contributed by atoms with E-state index in [0.29, 0.717) is 17.1 Å². The van der Waals surface area contributed by atoms with Gasteiger partial charge in [0.1, 0.15) is 5.69 Å². The number of nitrogen functional groups attached to an aromatic ring is 1. The third kappa shape index (κ3) is 1.88. The summed E-state index contributed by atoms with van der Waals surface area (Å²) < 4.78 is 0. The summed E-state index contributed by atoms with van der Waals surface area (Å²) in [7, 11) is 0. The van der Waals surface area contributed by atoms with Crippen LogP contribution in [-0.4, -0.2) is 16.1 Å². The molecule has 82 valence electrons. The van der Waals surface area contributed by atoms with Crippen molar-refractivity contribution in [3.8, 4) is 0 Å². The highest BCUT2D eigenvalue weighted by Crippen LogP contribution is 2.22. The normalized spacial score (nSPS) is 10.1. The van der Waals surface area contributed by atoms with Crippen LogP contribution in [0.4, 0.5) is 11.4 Å². The number of amides is 1. The Labute approximate surface area is 92.7 Å². The number of para-hydroxylation sites is 1. The minimum absolute atomic E-state index is 0.251. The topological polar surface area (TPSA) is 83.8 Å². The average Bonchev–Trinajstić information content (AvgIpc) is 2.76. The van der Waals surface area contributed by atoms with Crippen molar-refractivity contribution in [3.05, 3.63) is 41.7 Å². The van der Waals surface area contributed by atoms with Gasteiger partial charge < -0.3 is 11.1 Å². The number of carbonyl (C=O) groups is 1. The zero-order valence-electron chi connectivity index (χ0n) is 8.82. The third-order valence-electron chi connectivity index (χ3n) is 2.29. The molecule has 1 aromatic heterocycles. The van der Waals surface area contributed by atoms with Crippen molar-refractivity contribution in [1.29, 1.82) is 0 Å². The van der Waals surface area contributed by atoms with Crippen LogP contribution in [0.2, 0.25) is 0 Å². The number of nitrogens with two attached hydrogens (primary N) is 1. The summed E-state index contributed by atoms with van der Waals surface area (Å²) >= 11 is 0. The van der Waals surface area contributed by atoms with E-state index < -0.39 is 0 Å². The number of nitrogens with zero attached hydrogens (tertiary/aromatic N) is 1. The predicted molar refractivity (Wildman–Crippen MR) is 62.1 cm³/mol. The lowest BCUT2D eigenvalue weighted by molar-refractivity contribution is 0.102. The summed E-state index contributed by atoms with van der Waals surface area (Å²) in [6, 6.07) is 7.08. The van der Waals surface area contributed by atoms with Crippen molar-refractivity contribution in [1.82, 2.24) is 10.2 Å². The fourth-order valence-corrected chi connectivity index (χ4v) is 1.42. The van der Waals surface area contributed by atoms with Crippen LogP contribution in [0, 0.1) is 6.92 Å². The molecule has 16 heavy (non-hydrogen) atoms. The molecule has 0 radical (unpaired) electrons. The predicted octanol–water partition coefficient (Wildman–Crippen LogP) is 1.55. The third-order valence-corrected chi connectivity index (χ3v) is 2.29. The fraction of sp³-hybridized carbons (Fsp3) is 0.0909. The molecule has 0 aliphatic rings. The number of H-pyrrole nitrogens is 1. The van der Waals surface area contributed by atoms with Crippen LogP contribution in [0.15, 0.2) is 30.5 Å². The van der Waals surface area contributed by atoms with Crippen molar-refractivity contribution in [2.24, 2.45) is 0 Å². The average molecular weight is 216 g/mol. The Morgan fingerprint density at radius 2 is 2.25 bits per heavy atom. The van der Waals surface area contributed by atoms with Crippen molar-refractivity contribution in [3.63, 3.8) is 0 Å². The van der Waals surface area contributed by atoms with Crippen molar-refractivity contribution in [2.75, 3.05) is 11.1 Å². The molecule has 4 N–H and O–H groups in total. The minimum Gasteiger partial charge on any atom is -0.397 e. The second-order valence-corrected chi connectivity index (χ2v) is 3.46. The maximum atomic E-state index is 11.7. The molecule has 1 aromatic carbocycles. The first-order chi connectivity index (χ1) is 7.68. The van der Waals surface area contributed by atoms with Crippen LogP contribution in [0.1, 0.15) is 16.1 Å². The van der Waals surface area contributed by atoms with Crippen LogP contribution in [0.25, 0.3) is 0 Å². The monoisotopic (exact) mass is 216 g/mol. The molecule has 0 fully saturated rings. The Morgan fingerprint density at radius 3 is 2.88 bits per heavy atom. The van der Waals surface area contributed by atoms with Crippen LogP contribution in [-0.2, 0) is 0 Å². The highest BCUT2D eigenvalue weighted by molar-refractivity contribution is 6.04. The van der Waals surface area contributed by atoms with Crippen molar-refractivity contribution < 1.29 is 4.79 Å². The molecule has 5 nitrogen and oxygen atoms in total. The summed E-state index contributed by atoms with van der Waals surface area (Å²) in [5, 5.41) is 9.05. The number of aromatic nitrogens is 2. The molecule has 0 unspecified atom stereocenters.